The third-order valence-electron chi connectivity index (χ3n) is 4.20. The molecular formula is C20H25NO4. The number of nitrogens with one attached hydrogen (secondary N) is 1. The lowest BCUT2D eigenvalue weighted by molar-refractivity contribution is -0.129. The largest absolute Gasteiger partial charge is 0.466 e. The fraction of sp³-hybridized carbons (Fsp3) is 0.400. The van der Waals surface area contributed by atoms with Gasteiger partial charge in [-0.15, -0.1) is 0 Å². The van der Waals surface area contributed by atoms with E-state index >= 15 is 0 Å². The van der Waals surface area contributed by atoms with Crippen LogP contribution in [0.1, 0.15) is 53.6 Å². The van der Waals surface area contributed by atoms with Crippen molar-refractivity contribution < 1.29 is 18.7 Å². The molecule has 1 amide bonds. The second-order valence-electron chi connectivity index (χ2n) is 6.14. The average molecular weight is 343 g/mol. The normalized spacial score (nSPS) is 13.1. The Morgan fingerprint density at radius 3 is 2.44 bits per heavy atom. The smallest absolute Gasteiger partial charge is 0.342 e. The molecule has 0 aliphatic rings. The van der Waals surface area contributed by atoms with Crippen molar-refractivity contribution in [2.45, 2.75) is 46.1 Å². The van der Waals surface area contributed by atoms with Gasteiger partial charge in [0.2, 0.25) is 0 Å². The monoisotopic (exact) mass is 343 g/mol. The maximum atomic E-state index is 12.2. The van der Waals surface area contributed by atoms with Gasteiger partial charge in [-0.25, -0.2) is 4.79 Å². The fourth-order valence-electron chi connectivity index (χ4n) is 2.70. The Kier molecular flexibility index (Phi) is 6.39. The van der Waals surface area contributed by atoms with E-state index < -0.39 is 12.1 Å². The van der Waals surface area contributed by atoms with E-state index in [9.17, 15) is 9.59 Å². The Balaban J connectivity index is 1.89. The van der Waals surface area contributed by atoms with Crippen LogP contribution in [0.25, 0.3) is 0 Å². The number of amides is 1. The molecule has 5 heteroatoms. The second-order valence-corrected chi connectivity index (χ2v) is 6.14. The Labute approximate surface area is 148 Å². The number of rotatable bonds is 7. The topological polar surface area (TPSA) is 68.5 Å². The summed E-state index contributed by atoms with van der Waals surface area (Å²) in [6.45, 7) is 7.61. The van der Waals surface area contributed by atoms with Gasteiger partial charge in [-0.3, -0.25) is 4.79 Å². The van der Waals surface area contributed by atoms with Crippen LogP contribution in [-0.2, 0) is 9.53 Å². The first kappa shape index (κ1) is 18.8. The summed E-state index contributed by atoms with van der Waals surface area (Å²) in [4.78, 5) is 24.4. The first-order chi connectivity index (χ1) is 11.9. The molecule has 1 heterocycles. The molecule has 1 N–H and O–H groups in total. The van der Waals surface area contributed by atoms with Gasteiger partial charge >= 0.3 is 5.97 Å². The summed E-state index contributed by atoms with van der Waals surface area (Å²) in [5, 5.41) is 2.87. The molecule has 0 bridgehead atoms. The Bertz CT molecular complexity index is 721. The zero-order valence-corrected chi connectivity index (χ0v) is 15.2. The highest BCUT2D eigenvalue weighted by molar-refractivity contribution is 5.93. The van der Waals surface area contributed by atoms with Gasteiger partial charge in [0, 0.05) is 12.5 Å². The van der Waals surface area contributed by atoms with Crippen LogP contribution in [-0.4, -0.2) is 24.5 Å². The molecule has 0 saturated carbocycles. The summed E-state index contributed by atoms with van der Waals surface area (Å²) in [7, 11) is 0. The van der Waals surface area contributed by atoms with Crippen molar-refractivity contribution in [3.8, 4) is 0 Å². The number of benzene rings is 1. The standard InChI is InChI=1S/C20H25NO4/c1-5-16(17-9-7-6-8-10-17)12-21-19(22)15(4)25-20(23)18-11-13(2)24-14(18)3/h6-11,15-16H,5,12H2,1-4H3,(H,21,22)/t15-,16-/m0/s1. The summed E-state index contributed by atoms with van der Waals surface area (Å²) >= 11 is 0. The maximum Gasteiger partial charge on any atom is 0.342 e. The van der Waals surface area contributed by atoms with Crippen LogP contribution in [0.3, 0.4) is 0 Å². The highest BCUT2D eigenvalue weighted by Crippen LogP contribution is 2.18. The summed E-state index contributed by atoms with van der Waals surface area (Å²) in [5.74, 6) is 0.500. The van der Waals surface area contributed by atoms with E-state index in [-0.39, 0.29) is 11.8 Å². The summed E-state index contributed by atoms with van der Waals surface area (Å²) < 4.78 is 10.6. The van der Waals surface area contributed by atoms with Crippen molar-refractivity contribution in [2.75, 3.05) is 6.54 Å². The number of hydrogen-bond donors (Lipinski definition) is 1. The van der Waals surface area contributed by atoms with Gasteiger partial charge in [-0.1, -0.05) is 37.3 Å². The quantitative estimate of drug-likeness (QED) is 0.777. The molecule has 0 aliphatic heterocycles. The highest BCUT2D eigenvalue weighted by atomic mass is 16.5. The minimum Gasteiger partial charge on any atom is -0.466 e. The van der Waals surface area contributed by atoms with Crippen LogP contribution < -0.4 is 5.32 Å². The summed E-state index contributed by atoms with van der Waals surface area (Å²) in [5.41, 5.74) is 1.53. The molecule has 5 nitrogen and oxygen atoms in total. The van der Waals surface area contributed by atoms with Crippen molar-refractivity contribution >= 4 is 11.9 Å². The van der Waals surface area contributed by atoms with E-state index in [2.05, 4.69) is 12.2 Å². The van der Waals surface area contributed by atoms with E-state index in [1.54, 1.807) is 26.8 Å². The third-order valence-corrected chi connectivity index (χ3v) is 4.20. The molecule has 0 aliphatic carbocycles. The molecule has 2 rings (SSSR count). The molecule has 0 radical (unpaired) electrons. The van der Waals surface area contributed by atoms with Gasteiger partial charge in [-0.05, 0) is 38.8 Å². The van der Waals surface area contributed by atoms with Gasteiger partial charge in [0.15, 0.2) is 6.10 Å². The van der Waals surface area contributed by atoms with Crippen LogP contribution in [0.2, 0.25) is 0 Å². The molecule has 0 saturated heterocycles. The number of ether oxygens (including phenoxy) is 1. The molecule has 0 spiro atoms. The lowest BCUT2D eigenvalue weighted by Crippen LogP contribution is -2.38. The van der Waals surface area contributed by atoms with E-state index in [4.69, 9.17) is 9.15 Å². The Morgan fingerprint density at radius 1 is 1.20 bits per heavy atom. The van der Waals surface area contributed by atoms with Gasteiger partial charge in [-0.2, -0.15) is 0 Å². The SMILES string of the molecule is CC[C@@H](CNC(=O)[C@H](C)OC(=O)c1cc(C)oc1C)c1ccccc1. The number of carbonyl (C=O) groups excluding carboxylic acids is 2. The fourth-order valence-corrected chi connectivity index (χ4v) is 2.70. The lowest BCUT2D eigenvalue weighted by atomic mass is 9.96. The second kappa shape index (κ2) is 8.51. The lowest BCUT2D eigenvalue weighted by Gasteiger charge is -2.18. The van der Waals surface area contributed by atoms with Crippen molar-refractivity contribution in [1.29, 1.82) is 0 Å². The molecule has 2 atom stereocenters. The van der Waals surface area contributed by atoms with E-state index in [0.717, 1.165) is 6.42 Å². The predicted octanol–water partition coefficient (Wildman–Crippen LogP) is 3.75. The van der Waals surface area contributed by atoms with Crippen LogP contribution in [0.4, 0.5) is 0 Å². The van der Waals surface area contributed by atoms with E-state index in [0.29, 0.717) is 23.6 Å². The van der Waals surface area contributed by atoms with Crippen molar-refractivity contribution in [3.63, 3.8) is 0 Å². The number of hydrogen-bond acceptors (Lipinski definition) is 4. The number of aryl methyl sites for hydroxylation is 2. The van der Waals surface area contributed by atoms with E-state index in [1.165, 1.54) is 5.56 Å². The van der Waals surface area contributed by atoms with Gasteiger partial charge in [0.05, 0.1) is 0 Å². The Morgan fingerprint density at radius 2 is 1.88 bits per heavy atom. The number of carbonyl (C=O) groups is 2. The summed E-state index contributed by atoms with van der Waals surface area (Å²) in [6.07, 6.45) is 0.0433. The Hall–Kier alpha value is -2.56. The highest BCUT2D eigenvalue weighted by Gasteiger charge is 2.22. The van der Waals surface area contributed by atoms with Crippen molar-refractivity contribution in [2.24, 2.45) is 0 Å². The molecular weight excluding hydrogens is 318 g/mol. The minimum atomic E-state index is -0.865. The number of furan rings is 1. The first-order valence-electron chi connectivity index (χ1n) is 8.53. The van der Waals surface area contributed by atoms with Crippen molar-refractivity contribution in [3.05, 3.63) is 59.0 Å². The molecule has 134 valence electrons. The maximum absolute atomic E-state index is 12.2. The molecule has 25 heavy (non-hydrogen) atoms. The van der Waals surface area contributed by atoms with Crippen LogP contribution >= 0.6 is 0 Å². The van der Waals surface area contributed by atoms with Gasteiger partial charge < -0.3 is 14.5 Å². The predicted molar refractivity (Wildman–Crippen MR) is 95.5 cm³/mol. The molecule has 1 aromatic heterocycles. The average Bonchev–Trinajstić information content (AvgIpc) is 2.94. The van der Waals surface area contributed by atoms with Crippen LogP contribution in [0.5, 0.6) is 0 Å². The molecule has 0 fully saturated rings. The molecule has 1 aromatic carbocycles. The molecule has 0 unspecified atom stereocenters. The van der Waals surface area contributed by atoms with Gasteiger partial charge in [0.1, 0.15) is 17.1 Å². The first-order valence-corrected chi connectivity index (χ1v) is 8.53. The van der Waals surface area contributed by atoms with Crippen LogP contribution in [0, 0.1) is 13.8 Å². The zero-order chi connectivity index (χ0) is 18.4. The minimum absolute atomic E-state index is 0.229. The third kappa shape index (κ3) is 4.95. The number of esters is 1. The zero-order valence-electron chi connectivity index (χ0n) is 15.2. The molecule has 2 aromatic rings. The summed E-state index contributed by atoms with van der Waals surface area (Å²) in [6, 6.07) is 11.7. The van der Waals surface area contributed by atoms with Crippen LogP contribution in [0.15, 0.2) is 40.8 Å². The van der Waals surface area contributed by atoms with E-state index in [1.807, 2.05) is 30.3 Å². The van der Waals surface area contributed by atoms with Crippen molar-refractivity contribution in [1.82, 2.24) is 5.32 Å². The van der Waals surface area contributed by atoms with Gasteiger partial charge in [0.25, 0.3) is 5.91 Å².